The number of hydrogen-bond donors (Lipinski definition) is 1. The summed E-state index contributed by atoms with van der Waals surface area (Å²) in [6.07, 6.45) is 9.67. The number of nitrogen functional groups attached to an aromatic ring is 1. The number of carbonyl (C=O) groups is 2. The van der Waals surface area contributed by atoms with Crippen LogP contribution in [0.4, 0.5) is 5.69 Å². The van der Waals surface area contributed by atoms with E-state index in [2.05, 4.69) is 124 Å². The number of Topliss-reactive ketones (excluding diaryl/α,β-unsaturated/α-hetero) is 1. The molecule has 0 aliphatic carbocycles. The van der Waals surface area contributed by atoms with Gasteiger partial charge < -0.3 is 44.0 Å². The molecule has 0 bridgehead atoms. The summed E-state index contributed by atoms with van der Waals surface area (Å²) in [4.78, 5) is 29.4. The van der Waals surface area contributed by atoms with E-state index in [1.165, 1.54) is 34.2 Å². The number of methoxy groups -OCH3 is 4. The third-order valence-corrected chi connectivity index (χ3v) is 16.8. The van der Waals surface area contributed by atoms with Crippen molar-refractivity contribution in [2.75, 3.05) is 74.4 Å². The number of carbonyl (C=O) groups excluding carboxylic acids is 2. The van der Waals surface area contributed by atoms with Gasteiger partial charge in [0.05, 0.1) is 28.4 Å². The van der Waals surface area contributed by atoms with E-state index in [0.717, 1.165) is 139 Å². The molecule has 476 valence electrons. The Morgan fingerprint density at radius 1 is 0.478 bits per heavy atom. The molecule has 8 aromatic carbocycles. The molecular formula is C78H94ClN3O8. The first-order valence-electron chi connectivity index (χ1n) is 31.3. The van der Waals surface area contributed by atoms with Gasteiger partial charge in [-0.1, -0.05) is 108 Å². The summed E-state index contributed by atoms with van der Waals surface area (Å²) in [6, 6.07) is 55.8. The summed E-state index contributed by atoms with van der Waals surface area (Å²) in [5.74, 6) is 6.37. The third-order valence-electron chi connectivity index (χ3n) is 16.6. The van der Waals surface area contributed by atoms with Gasteiger partial charge in [-0.25, -0.2) is 0 Å². The van der Waals surface area contributed by atoms with E-state index in [9.17, 15) is 9.59 Å². The molecule has 0 unspecified atom stereocenters. The molecule has 2 aliphatic heterocycles. The molecule has 0 atom stereocenters. The lowest BCUT2D eigenvalue weighted by Gasteiger charge is -2.30. The molecule has 10 rings (SSSR count). The molecule has 12 heteroatoms. The lowest BCUT2D eigenvalue weighted by atomic mass is 9.95. The zero-order valence-electron chi connectivity index (χ0n) is 53.8. The zero-order chi connectivity index (χ0) is 63.4. The van der Waals surface area contributed by atoms with Gasteiger partial charge in [-0.3, -0.25) is 9.59 Å². The van der Waals surface area contributed by atoms with Crippen LogP contribution in [0.2, 0.25) is 0 Å². The third kappa shape index (κ3) is 20.0. The number of ether oxygens (including phenoxy) is 6. The SMILES string of the molecule is C.CC(C)CCc1cc(-c2ccc(N)cc2)ccc1OC1CCN(C)CC1.COc1cccc(-c2cc(C(=O)Cc3ccc(-c4ccc(OC5CCN(C)CC5)c(CCC(C)C)c4)cc3)ccc2OC)c1.COc1cccc(-c2cc(C(=O)Cl)ccc2OC)c1. The maximum Gasteiger partial charge on any atom is 0.252 e. The second kappa shape index (κ2) is 34.2. The highest BCUT2D eigenvalue weighted by Crippen LogP contribution is 2.37. The van der Waals surface area contributed by atoms with Crippen LogP contribution in [0, 0.1) is 11.8 Å². The van der Waals surface area contributed by atoms with Gasteiger partial charge in [-0.2, -0.15) is 0 Å². The Kier molecular flexibility index (Phi) is 26.4. The van der Waals surface area contributed by atoms with Gasteiger partial charge in [0.15, 0.2) is 5.78 Å². The van der Waals surface area contributed by atoms with Gasteiger partial charge in [0.25, 0.3) is 5.24 Å². The highest BCUT2D eigenvalue weighted by molar-refractivity contribution is 6.67. The van der Waals surface area contributed by atoms with E-state index < -0.39 is 5.24 Å². The van der Waals surface area contributed by atoms with Crippen LogP contribution in [0.5, 0.6) is 34.5 Å². The lowest BCUT2D eigenvalue weighted by Crippen LogP contribution is -2.35. The second-order valence-corrected chi connectivity index (χ2v) is 24.6. The van der Waals surface area contributed by atoms with Crippen LogP contribution in [-0.4, -0.2) is 102 Å². The fourth-order valence-corrected chi connectivity index (χ4v) is 11.2. The van der Waals surface area contributed by atoms with Gasteiger partial charge >= 0.3 is 0 Å². The molecule has 11 nitrogen and oxygen atoms in total. The standard InChI is InChI=1S/C39H45NO4.C23H32N2O.C15H13ClO3.CH4/c1-27(2)9-12-33-24-30(15-17-38(33)44-34-19-21-40(3)22-20-34)29-13-10-28(11-14-29)23-37(41)32-16-18-39(43-5)36(26-32)31-7-6-8-35(25-31)42-4;1-17(2)4-5-20-16-19(18-6-9-21(24)10-7-18)8-11-23(20)26-22-12-14-25(3)15-13-22;1-18-12-5-3-4-10(8-12)13-9-11(15(16)17)6-7-14(13)19-2;/h6-8,10-11,13-18,24-27,34H,9,12,19-23H2,1-5H3;6-11,16-17,22H,4-5,12-15,24H2,1-3H3;3-9H,1-2H3;1H4. The molecule has 2 fully saturated rings. The molecule has 2 saturated heterocycles. The minimum absolute atomic E-state index is 0. The molecule has 8 aromatic rings. The first kappa shape index (κ1) is 69.4. The van der Waals surface area contributed by atoms with Crippen molar-refractivity contribution in [3.05, 3.63) is 198 Å². The van der Waals surface area contributed by atoms with Crippen molar-refractivity contribution < 1.29 is 38.0 Å². The van der Waals surface area contributed by atoms with Crippen LogP contribution in [0.15, 0.2) is 170 Å². The predicted octanol–water partition coefficient (Wildman–Crippen LogP) is 17.9. The highest BCUT2D eigenvalue weighted by Gasteiger charge is 2.22. The number of nitrogens with two attached hydrogens (primary N) is 1. The van der Waals surface area contributed by atoms with Crippen LogP contribution in [0.1, 0.15) is 111 Å². The number of ketones is 1. The topological polar surface area (TPSA) is 122 Å². The fraction of sp³-hybridized carbons (Fsp3) is 0.359. The largest absolute Gasteiger partial charge is 0.497 e. The molecule has 0 aromatic heterocycles. The van der Waals surface area contributed by atoms with Crippen LogP contribution in [0.3, 0.4) is 0 Å². The van der Waals surface area contributed by atoms with Crippen molar-refractivity contribution in [3.8, 4) is 79.0 Å². The number of nitrogens with zero attached hydrogens (tertiary/aromatic N) is 2. The molecule has 0 radical (unpaired) electrons. The van der Waals surface area contributed by atoms with Gasteiger partial charge in [0.2, 0.25) is 0 Å². The molecule has 2 heterocycles. The van der Waals surface area contributed by atoms with E-state index in [1.54, 1.807) is 46.6 Å². The Labute approximate surface area is 541 Å². The molecule has 0 saturated carbocycles. The normalized spacial score (nSPS) is 13.7. The molecule has 2 N–H and O–H groups in total. The number of anilines is 1. The van der Waals surface area contributed by atoms with Crippen molar-refractivity contribution in [1.29, 1.82) is 0 Å². The van der Waals surface area contributed by atoms with Gasteiger partial charge in [-0.15, -0.1) is 0 Å². The first-order valence-corrected chi connectivity index (χ1v) is 31.7. The van der Waals surface area contributed by atoms with Crippen molar-refractivity contribution in [3.63, 3.8) is 0 Å². The summed E-state index contributed by atoms with van der Waals surface area (Å²) in [7, 11) is 10.8. The van der Waals surface area contributed by atoms with Crippen molar-refractivity contribution in [1.82, 2.24) is 9.80 Å². The van der Waals surface area contributed by atoms with Crippen LogP contribution >= 0.6 is 11.6 Å². The molecule has 2 aliphatic rings. The number of hydrogen-bond acceptors (Lipinski definition) is 11. The number of benzene rings is 8. The van der Waals surface area contributed by atoms with Crippen molar-refractivity contribution in [2.45, 2.75) is 105 Å². The van der Waals surface area contributed by atoms with Crippen molar-refractivity contribution in [2.24, 2.45) is 11.8 Å². The number of piperidine rings is 2. The van der Waals surface area contributed by atoms with Gasteiger partial charge in [-0.05, 0) is 236 Å². The zero-order valence-corrected chi connectivity index (χ0v) is 54.5. The van der Waals surface area contributed by atoms with Crippen LogP contribution < -0.4 is 34.2 Å². The number of halogens is 1. The van der Waals surface area contributed by atoms with Crippen molar-refractivity contribution >= 4 is 28.3 Å². The summed E-state index contributed by atoms with van der Waals surface area (Å²) in [6.45, 7) is 13.5. The van der Waals surface area contributed by atoms with E-state index >= 15 is 0 Å². The Bertz CT molecular complexity index is 3570. The summed E-state index contributed by atoms with van der Waals surface area (Å²) in [5, 5.41) is -0.494. The second-order valence-electron chi connectivity index (χ2n) is 24.2. The van der Waals surface area contributed by atoms with Gasteiger partial charge in [0.1, 0.15) is 46.7 Å². The molecular weight excluding hydrogens is 1140 g/mol. The fourth-order valence-electron chi connectivity index (χ4n) is 11.1. The number of rotatable bonds is 22. The Morgan fingerprint density at radius 3 is 1.29 bits per heavy atom. The monoisotopic (exact) mass is 1240 g/mol. The Morgan fingerprint density at radius 2 is 0.878 bits per heavy atom. The van der Waals surface area contributed by atoms with E-state index in [0.29, 0.717) is 41.2 Å². The van der Waals surface area contributed by atoms with Crippen LogP contribution in [0.25, 0.3) is 44.5 Å². The summed E-state index contributed by atoms with van der Waals surface area (Å²) >= 11 is 5.51. The predicted molar refractivity (Wildman–Crippen MR) is 372 cm³/mol. The van der Waals surface area contributed by atoms with Gasteiger partial charge in [0, 0.05) is 60.5 Å². The Hall–Kier alpha value is -8.09. The first-order chi connectivity index (χ1) is 43.0. The average molecular weight is 1240 g/mol. The summed E-state index contributed by atoms with van der Waals surface area (Å²) in [5.41, 5.74) is 19.6. The average Bonchev–Trinajstić information content (AvgIpc) is 1.67. The quantitative estimate of drug-likeness (QED) is 0.0396. The minimum Gasteiger partial charge on any atom is -0.497 e. The minimum atomic E-state index is -0.494. The number of aryl methyl sites for hydroxylation is 2. The molecule has 90 heavy (non-hydrogen) atoms. The smallest absolute Gasteiger partial charge is 0.252 e. The maximum absolute atomic E-state index is 13.4. The number of likely N-dealkylation sites (tertiary alicyclic amines) is 2. The molecule has 0 amide bonds. The molecule has 0 spiro atoms. The lowest BCUT2D eigenvalue weighted by molar-refractivity contribution is 0.0992. The maximum atomic E-state index is 13.4. The summed E-state index contributed by atoms with van der Waals surface area (Å²) < 4.78 is 34.5. The van der Waals surface area contributed by atoms with E-state index in [-0.39, 0.29) is 19.3 Å². The van der Waals surface area contributed by atoms with E-state index in [4.69, 9.17) is 45.8 Å². The Balaban J connectivity index is 0.000000212. The highest BCUT2D eigenvalue weighted by atomic mass is 35.5. The van der Waals surface area contributed by atoms with Crippen LogP contribution in [-0.2, 0) is 19.3 Å². The van der Waals surface area contributed by atoms with E-state index in [1.807, 2.05) is 78.9 Å².